The van der Waals surface area contributed by atoms with Crippen molar-refractivity contribution in [1.29, 1.82) is 0 Å². The van der Waals surface area contributed by atoms with Crippen LogP contribution in [0.3, 0.4) is 0 Å². The van der Waals surface area contributed by atoms with E-state index < -0.39 is 0 Å². The van der Waals surface area contributed by atoms with Crippen LogP contribution in [0.5, 0.6) is 0 Å². The zero-order chi connectivity index (χ0) is 18.0. The van der Waals surface area contributed by atoms with E-state index in [1.165, 1.54) is 6.20 Å². The molecule has 2 aromatic rings. The van der Waals surface area contributed by atoms with Crippen LogP contribution in [-0.4, -0.2) is 29.0 Å². The van der Waals surface area contributed by atoms with Gasteiger partial charge in [0.2, 0.25) is 5.95 Å². The van der Waals surface area contributed by atoms with Gasteiger partial charge < -0.3 is 10.2 Å². The lowest BCUT2D eigenvalue weighted by molar-refractivity contribution is 0.0935. The van der Waals surface area contributed by atoms with Crippen molar-refractivity contribution in [3.05, 3.63) is 50.7 Å². The van der Waals surface area contributed by atoms with Gasteiger partial charge in [0.1, 0.15) is 0 Å². The molecule has 1 amide bonds. The maximum atomic E-state index is 12.6. The molecule has 0 bridgehead atoms. The van der Waals surface area contributed by atoms with Gasteiger partial charge in [0.25, 0.3) is 5.91 Å². The number of carbonyl (C=O) groups excluding carboxylic acids is 1. The quantitative estimate of drug-likeness (QED) is 0.820. The van der Waals surface area contributed by atoms with E-state index in [2.05, 4.69) is 15.3 Å². The van der Waals surface area contributed by atoms with Crippen LogP contribution in [0.1, 0.15) is 41.9 Å². The molecule has 132 valence electrons. The molecule has 1 unspecified atom stereocenters. The molecule has 0 spiro atoms. The zero-order valence-corrected chi connectivity index (χ0v) is 15.9. The molecular weight excluding hydrogens is 383 g/mol. The third kappa shape index (κ3) is 4.00. The molecule has 1 saturated heterocycles. The summed E-state index contributed by atoms with van der Waals surface area (Å²) in [6, 6.07) is 4.96. The Kier molecular flexibility index (Phi) is 5.67. The summed E-state index contributed by atoms with van der Waals surface area (Å²) in [4.78, 5) is 23.3. The number of hydrogen-bond donors (Lipinski definition) is 1. The molecule has 1 aliphatic rings. The zero-order valence-electron chi connectivity index (χ0n) is 13.6. The van der Waals surface area contributed by atoms with E-state index in [0.29, 0.717) is 16.0 Å². The predicted molar refractivity (Wildman–Crippen MR) is 101 cm³/mol. The average Bonchev–Trinajstić information content (AvgIpc) is 3.12. The van der Waals surface area contributed by atoms with Gasteiger partial charge in [-0.25, -0.2) is 9.97 Å². The van der Waals surface area contributed by atoms with Crippen molar-refractivity contribution in [3.8, 4) is 0 Å². The molecule has 1 atom stereocenters. The van der Waals surface area contributed by atoms with Gasteiger partial charge in [-0.1, -0.05) is 46.9 Å². The van der Waals surface area contributed by atoms with Crippen molar-refractivity contribution in [2.24, 2.45) is 0 Å². The number of anilines is 1. The number of amides is 1. The molecule has 1 aromatic heterocycles. The fraction of sp³-hybridized carbons (Fsp3) is 0.353. The highest BCUT2D eigenvalue weighted by atomic mass is 35.5. The van der Waals surface area contributed by atoms with Crippen molar-refractivity contribution in [1.82, 2.24) is 15.3 Å². The van der Waals surface area contributed by atoms with Crippen molar-refractivity contribution in [2.45, 2.75) is 25.8 Å². The number of nitrogens with zero attached hydrogens (tertiary/aromatic N) is 3. The Bertz CT molecular complexity index is 793. The van der Waals surface area contributed by atoms with Gasteiger partial charge in [-0.2, -0.15) is 0 Å². The first kappa shape index (κ1) is 18.2. The number of nitrogens with one attached hydrogen (secondary N) is 1. The molecule has 0 aliphatic carbocycles. The minimum Gasteiger partial charge on any atom is -0.344 e. The smallest absolute Gasteiger partial charge is 0.272 e. The Balaban J connectivity index is 1.80. The first-order chi connectivity index (χ1) is 12.0. The van der Waals surface area contributed by atoms with Gasteiger partial charge >= 0.3 is 0 Å². The minimum atomic E-state index is -0.378. The lowest BCUT2D eigenvalue weighted by Gasteiger charge is -2.18. The molecular formula is C17H17Cl3N4O. The maximum absolute atomic E-state index is 12.6. The SMILES string of the molecule is CC(NC(=O)c1nc(N2CCCC2)ncc1Cl)c1cccc(Cl)c1Cl. The minimum absolute atomic E-state index is 0.156. The molecule has 0 saturated carbocycles. The third-order valence-electron chi connectivity index (χ3n) is 4.13. The normalized spacial score (nSPS) is 15.3. The highest BCUT2D eigenvalue weighted by Gasteiger charge is 2.21. The first-order valence-corrected chi connectivity index (χ1v) is 9.13. The predicted octanol–water partition coefficient (Wildman–Crippen LogP) is 4.53. The monoisotopic (exact) mass is 398 g/mol. The molecule has 0 radical (unpaired) electrons. The maximum Gasteiger partial charge on any atom is 0.272 e. The van der Waals surface area contributed by atoms with E-state index in [4.69, 9.17) is 34.8 Å². The fourth-order valence-corrected chi connectivity index (χ4v) is 3.43. The molecule has 25 heavy (non-hydrogen) atoms. The lowest BCUT2D eigenvalue weighted by atomic mass is 10.1. The van der Waals surface area contributed by atoms with E-state index in [-0.39, 0.29) is 22.7 Å². The summed E-state index contributed by atoms with van der Waals surface area (Å²) < 4.78 is 0. The largest absolute Gasteiger partial charge is 0.344 e. The third-order valence-corrected chi connectivity index (χ3v) is 5.24. The van der Waals surface area contributed by atoms with Gasteiger partial charge in [-0.05, 0) is 31.4 Å². The molecule has 5 nitrogen and oxygen atoms in total. The summed E-state index contributed by atoms with van der Waals surface area (Å²) in [6.45, 7) is 3.60. The molecule has 3 rings (SSSR count). The second-order valence-electron chi connectivity index (χ2n) is 5.90. The standard InChI is InChI=1S/C17H17Cl3N4O/c1-10(11-5-4-6-12(18)14(11)20)22-16(25)15-13(19)9-21-17(23-15)24-7-2-3-8-24/h4-6,9-10H,2-3,7-8H2,1H3,(H,22,25). The van der Waals surface area contributed by atoms with Gasteiger partial charge in [-0.3, -0.25) is 4.79 Å². The Morgan fingerprint density at radius 1 is 1.20 bits per heavy atom. The van der Waals surface area contributed by atoms with Crippen LogP contribution in [0, 0.1) is 0 Å². The van der Waals surface area contributed by atoms with E-state index in [1.807, 2.05) is 17.9 Å². The van der Waals surface area contributed by atoms with Crippen LogP contribution in [0.15, 0.2) is 24.4 Å². The van der Waals surface area contributed by atoms with Crippen molar-refractivity contribution in [3.63, 3.8) is 0 Å². The Morgan fingerprint density at radius 2 is 1.92 bits per heavy atom. The number of benzene rings is 1. The number of halogens is 3. The summed E-state index contributed by atoms with van der Waals surface area (Å²) in [5, 5.41) is 3.94. The topological polar surface area (TPSA) is 58.1 Å². The molecule has 1 aliphatic heterocycles. The summed E-state index contributed by atoms with van der Waals surface area (Å²) >= 11 is 18.4. The number of carbonyl (C=O) groups is 1. The van der Waals surface area contributed by atoms with Gasteiger partial charge in [0.05, 0.1) is 27.3 Å². The number of rotatable bonds is 4. The first-order valence-electron chi connectivity index (χ1n) is 7.99. The van der Waals surface area contributed by atoms with E-state index >= 15 is 0 Å². The Labute approximate surface area is 161 Å². The highest BCUT2D eigenvalue weighted by Crippen LogP contribution is 2.30. The van der Waals surface area contributed by atoms with Gasteiger partial charge in [0, 0.05) is 13.1 Å². The summed E-state index contributed by atoms with van der Waals surface area (Å²) in [7, 11) is 0. The molecule has 1 aromatic carbocycles. The molecule has 1 fully saturated rings. The molecule has 2 heterocycles. The molecule has 8 heteroatoms. The molecule has 1 N–H and O–H groups in total. The van der Waals surface area contributed by atoms with Crippen LogP contribution < -0.4 is 10.2 Å². The Morgan fingerprint density at radius 3 is 2.64 bits per heavy atom. The van der Waals surface area contributed by atoms with Crippen LogP contribution in [0.4, 0.5) is 5.95 Å². The van der Waals surface area contributed by atoms with Gasteiger partial charge in [0.15, 0.2) is 5.69 Å². The summed E-state index contributed by atoms with van der Waals surface area (Å²) in [6.07, 6.45) is 3.66. The summed E-state index contributed by atoms with van der Waals surface area (Å²) in [5.74, 6) is 0.150. The highest BCUT2D eigenvalue weighted by molar-refractivity contribution is 6.42. The van der Waals surface area contributed by atoms with E-state index in [0.717, 1.165) is 31.5 Å². The van der Waals surface area contributed by atoms with Crippen LogP contribution in [0.25, 0.3) is 0 Å². The fourth-order valence-electron chi connectivity index (χ4n) is 2.78. The van der Waals surface area contributed by atoms with Crippen LogP contribution >= 0.6 is 34.8 Å². The number of hydrogen-bond acceptors (Lipinski definition) is 4. The van der Waals surface area contributed by atoms with E-state index in [9.17, 15) is 4.79 Å². The van der Waals surface area contributed by atoms with Gasteiger partial charge in [-0.15, -0.1) is 0 Å². The van der Waals surface area contributed by atoms with Crippen LogP contribution in [-0.2, 0) is 0 Å². The van der Waals surface area contributed by atoms with Crippen molar-refractivity contribution in [2.75, 3.05) is 18.0 Å². The van der Waals surface area contributed by atoms with Crippen molar-refractivity contribution < 1.29 is 4.79 Å². The van der Waals surface area contributed by atoms with Crippen molar-refractivity contribution >= 4 is 46.7 Å². The lowest BCUT2D eigenvalue weighted by Crippen LogP contribution is -2.29. The number of aromatic nitrogens is 2. The summed E-state index contributed by atoms with van der Waals surface area (Å²) in [5.41, 5.74) is 0.885. The second-order valence-corrected chi connectivity index (χ2v) is 7.09. The Hall–Kier alpha value is -1.56. The van der Waals surface area contributed by atoms with Crippen LogP contribution in [0.2, 0.25) is 15.1 Å². The average molecular weight is 400 g/mol. The second kappa shape index (κ2) is 7.77. The van der Waals surface area contributed by atoms with E-state index in [1.54, 1.807) is 12.1 Å².